The van der Waals surface area contributed by atoms with E-state index in [-0.39, 0.29) is 0 Å². The van der Waals surface area contributed by atoms with E-state index in [4.69, 9.17) is 9.90 Å². The Morgan fingerprint density at radius 2 is 1.71 bits per heavy atom. The van der Waals surface area contributed by atoms with Crippen molar-refractivity contribution in [3.05, 3.63) is 48.0 Å². The summed E-state index contributed by atoms with van der Waals surface area (Å²) in [6.45, 7) is 7.10. The van der Waals surface area contributed by atoms with Gasteiger partial charge in [-0.3, -0.25) is 0 Å². The lowest BCUT2D eigenvalue weighted by atomic mass is 10.0. The van der Waals surface area contributed by atoms with Crippen LogP contribution in [0.1, 0.15) is 51.0 Å². The largest absolute Gasteiger partial charge is 0.490 e. The first-order chi connectivity index (χ1) is 14.8. The lowest BCUT2D eigenvalue weighted by Gasteiger charge is -2.32. The van der Waals surface area contributed by atoms with Gasteiger partial charge >= 0.3 is 12.1 Å². The molecule has 2 aromatic rings. The molecule has 2 aromatic carbocycles. The third kappa shape index (κ3) is 8.87. The molecule has 1 heterocycles. The van der Waals surface area contributed by atoms with Crippen molar-refractivity contribution in [2.45, 2.75) is 64.2 Å². The number of fused-ring (bicyclic) bond motifs is 1. The zero-order valence-corrected chi connectivity index (χ0v) is 18.1. The average molecular weight is 439 g/mol. The second-order valence-electron chi connectivity index (χ2n) is 8.00. The summed E-state index contributed by atoms with van der Waals surface area (Å²) in [6, 6.07) is 16.0. The molecule has 1 aliphatic heterocycles. The number of hydrogen-bond donors (Lipinski definition) is 2. The van der Waals surface area contributed by atoms with Crippen molar-refractivity contribution in [1.29, 1.82) is 0 Å². The number of halogens is 3. The minimum atomic E-state index is -5.08. The van der Waals surface area contributed by atoms with Crippen LogP contribution >= 0.6 is 0 Å². The van der Waals surface area contributed by atoms with Crippen LogP contribution in [-0.4, -0.2) is 47.8 Å². The van der Waals surface area contributed by atoms with Crippen LogP contribution < -0.4 is 5.32 Å². The van der Waals surface area contributed by atoms with E-state index in [1.807, 2.05) is 0 Å². The molecule has 0 unspecified atom stereocenters. The highest BCUT2D eigenvalue weighted by molar-refractivity contribution is 5.85. The van der Waals surface area contributed by atoms with Gasteiger partial charge in [-0.25, -0.2) is 4.79 Å². The number of unbranched alkanes of at least 4 members (excludes halogenated alkanes) is 3. The van der Waals surface area contributed by atoms with E-state index in [9.17, 15) is 13.2 Å². The summed E-state index contributed by atoms with van der Waals surface area (Å²) in [5, 5.41) is 13.7. The third-order valence-corrected chi connectivity index (χ3v) is 5.62. The van der Waals surface area contributed by atoms with E-state index in [1.165, 1.54) is 74.5 Å². The van der Waals surface area contributed by atoms with Gasteiger partial charge in [-0.15, -0.1) is 0 Å². The van der Waals surface area contributed by atoms with Gasteiger partial charge in [0.15, 0.2) is 0 Å². The molecular formula is C24H33F3N2O2. The average Bonchev–Trinajstić information content (AvgIpc) is 2.76. The lowest BCUT2D eigenvalue weighted by molar-refractivity contribution is -0.192. The van der Waals surface area contributed by atoms with E-state index >= 15 is 0 Å². The standard InChI is InChI=1S/C22H32N2.C2HF3O2/c1-2-3-4-7-15-24-16-13-21(14-17-24)23-18-20-11-8-10-19-9-5-6-12-22(19)20;3-2(4,5)1(6)7/h5-6,8-12,21,23H,2-4,7,13-18H2,1H3;(H,6,7). The fourth-order valence-corrected chi connectivity index (χ4v) is 3.82. The van der Waals surface area contributed by atoms with Crippen molar-refractivity contribution in [2.24, 2.45) is 0 Å². The smallest absolute Gasteiger partial charge is 0.475 e. The predicted octanol–water partition coefficient (Wildman–Crippen LogP) is 5.61. The van der Waals surface area contributed by atoms with Crippen LogP contribution in [0.25, 0.3) is 10.8 Å². The Labute approximate surface area is 182 Å². The number of hydrogen-bond acceptors (Lipinski definition) is 3. The van der Waals surface area contributed by atoms with E-state index in [1.54, 1.807) is 0 Å². The van der Waals surface area contributed by atoms with Crippen LogP contribution in [0.2, 0.25) is 0 Å². The number of alkyl halides is 3. The van der Waals surface area contributed by atoms with Gasteiger partial charge in [0.05, 0.1) is 0 Å². The fourth-order valence-electron chi connectivity index (χ4n) is 3.82. The Morgan fingerprint density at radius 1 is 1.06 bits per heavy atom. The zero-order valence-electron chi connectivity index (χ0n) is 18.1. The molecule has 1 fully saturated rings. The number of rotatable bonds is 8. The molecule has 0 aliphatic carbocycles. The van der Waals surface area contributed by atoms with Gasteiger partial charge in [0.25, 0.3) is 0 Å². The number of benzene rings is 2. The van der Waals surface area contributed by atoms with Crippen molar-refractivity contribution in [3.63, 3.8) is 0 Å². The van der Waals surface area contributed by atoms with Crippen LogP contribution in [0.3, 0.4) is 0 Å². The molecule has 1 saturated heterocycles. The molecule has 1 aliphatic rings. The van der Waals surface area contributed by atoms with Gasteiger partial charge in [-0.05, 0) is 55.2 Å². The monoisotopic (exact) mass is 438 g/mol. The van der Waals surface area contributed by atoms with Crippen LogP contribution in [-0.2, 0) is 11.3 Å². The summed E-state index contributed by atoms with van der Waals surface area (Å²) in [5.41, 5.74) is 1.43. The topological polar surface area (TPSA) is 52.6 Å². The van der Waals surface area contributed by atoms with Gasteiger partial charge in [0, 0.05) is 12.6 Å². The number of carboxylic acid groups (broad SMARTS) is 1. The first-order valence-electron chi connectivity index (χ1n) is 11.0. The third-order valence-electron chi connectivity index (χ3n) is 5.62. The maximum atomic E-state index is 10.6. The Balaban J connectivity index is 0.000000423. The highest BCUT2D eigenvalue weighted by Crippen LogP contribution is 2.19. The molecule has 0 atom stereocenters. The molecule has 0 radical (unpaired) electrons. The summed E-state index contributed by atoms with van der Waals surface area (Å²) in [7, 11) is 0. The van der Waals surface area contributed by atoms with Crippen molar-refractivity contribution in [1.82, 2.24) is 10.2 Å². The van der Waals surface area contributed by atoms with Crippen LogP contribution in [0.15, 0.2) is 42.5 Å². The molecule has 3 rings (SSSR count). The van der Waals surface area contributed by atoms with E-state index < -0.39 is 12.1 Å². The number of piperidine rings is 1. The van der Waals surface area contributed by atoms with E-state index in [0.29, 0.717) is 6.04 Å². The Bertz CT molecular complexity index is 798. The SMILES string of the molecule is CCCCCCN1CCC(NCc2cccc3ccccc23)CC1.O=C(O)C(F)(F)F. The Hall–Kier alpha value is -2.12. The molecule has 2 N–H and O–H groups in total. The minimum absolute atomic E-state index is 0.677. The molecule has 31 heavy (non-hydrogen) atoms. The molecule has 0 amide bonds. The summed E-state index contributed by atoms with van der Waals surface area (Å²) in [5.74, 6) is -2.76. The predicted molar refractivity (Wildman–Crippen MR) is 118 cm³/mol. The maximum Gasteiger partial charge on any atom is 0.490 e. The molecule has 172 valence electrons. The minimum Gasteiger partial charge on any atom is -0.475 e. The van der Waals surface area contributed by atoms with Crippen molar-refractivity contribution in [3.8, 4) is 0 Å². The van der Waals surface area contributed by atoms with Gasteiger partial charge < -0.3 is 15.3 Å². The van der Waals surface area contributed by atoms with Crippen molar-refractivity contribution >= 4 is 16.7 Å². The first kappa shape index (κ1) is 25.1. The highest BCUT2D eigenvalue weighted by atomic mass is 19.4. The van der Waals surface area contributed by atoms with Gasteiger partial charge in [0.2, 0.25) is 0 Å². The van der Waals surface area contributed by atoms with Gasteiger partial charge in [-0.1, -0.05) is 68.7 Å². The fraction of sp³-hybridized carbons (Fsp3) is 0.542. The molecule has 0 saturated carbocycles. The number of carboxylic acids is 1. The van der Waals surface area contributed by atoms with E-state index in [0.717, 1.165) is 6.54 Å². The zero-order chi connectivity index (χ0) is 22.7. The highest BCUT2D eigenvalue weighted by Gasteiger charge is 2.38. The first-order valence-corrected chi connectivity index (χ1v) is 11.0. The lowest BCUT2D eigenvalue weighted by Crippen LogP contribution is -2.42. The van der Waals surface area contributed by atoms with Crippen molar-refractivity contribution in [2.75, 3.05) is 19.6 Å². The maximum absolute atomic E-state index is 10.6. The van der Waals surface area contributed by atoms with Crippen LogP contribution in [0, 0.1) is 0 Å². The second kappa shape index (κ2) is 12.7. The van der Waals surface area contributed by atoms with E-state index in [2.05, 4.69) is 59.6 Å². The summed E-state index contributed by atoms with van der Waals surface area (Å²) >= 11 is 0. The van der Waals surface area contributed by atoms with Gasteiger partial charge in [-0.2, -0.15) is 13.2 Å². The molecular weight excluding hydrogens is 405 g/mol. The molecule has 0 aromatic heterocycles. The second-order valence-corrected chi connectivity index (χ2v) is 8.00. The molecule has 4 nitrogen and oxygen atoms in total. The summed E-state index contributed by atoms with van der Waals surface area (Å²) in [6.07, 6.45) is 3.00. The Morgan fingerprint density at radius 3 is 2.35 bits per heavy atom. The number of nitrogens with one attached hydrogen (secondary N) is 1. The summed E-state index contributed by atoms with van der Waals surface area (Å²) in [4.78, 5) is 11.6. The van der Waals surface area contributed by atoms with Crippen LogP contribution in [0.5, 0.6) is 0 Å². The quantitative estimate of drug-likeness (QED) is 0.526. The Kier molecular flexibility index (Phi) is 10.3. The molecule has 0 bridgehead atoms. The molecule has 7 heteroatoms. The van der Waals surface area contributed by atoms with Crippen molar-refractivity contribution < 1.29 is 23.1 Å². The van der Waals surface area contributed by atoms with Gasteiger partial charge in [0.1, 0.15) is 0 Å². The van der Waals surface area contributed by atoms with Crippen LogP contribution in [0.4, 0.5) is 13.2 Å². The number of nitrogens with zero attached hydrogens (tertiary/aromatic N) is 1. The normalized spacial score (nSPS) is 15.5. The molecule has 0 spiro atoms. The number of carbonyl (C=O) groups is 1. The number of aliphatic carboxylic acids is 1. The number of likely N-dealkylation sites (tertiary alicyclic amines) is 1. The summed E-state index contributed by atoms with van der Waals surface area (Å²) < 4.78 is 31.7.